The molecule has 1 aliphatic heterocycles. The molecule has 4 N–H and O–H groups in total. The van der Waals surface area contributed by atoms with Gasteiger partial charge in [-0.25, -0.2) is 0 Å². The van der Waals surface area contributed by atoms with Crippen LogP contribution in [-0.2, 0) is 4.74 Å². The van der Waals surface area contributed by atoms with Gasteiger partial charge < -0.3 is 20.9 Å². The third-order valence-corrected chi connectivity index (χ3v) is 2.16. The quantitative estimate of drug-likeness (QED) is 0.504. The maximum atomic E-state index is 8.82. The van der Waals surface area contributed by atoms with Crippen LogP contribution in [0.3, 0.4) is 0 Å². The average molecular weight is 174 g/mol. The molecule has 1 fully saturated rings. The number of nitrogens with two attached hydrogens (primary N) is 1. The van der Waals surface area contributed by atoms with E-state index >= 15 is 0 Å². The van der Waals surface area contributed by atoms with Crippen molar-refractivity contribution in [2.24, 2.45) is 5.73 Å². The average Bonchev–Trinajstić information content (AvgIpc) is 2.59. The zero-order chi connectivity index (χ0) is 8.81. The van der Waals surface area contributed by atoms with Crippen molar-refractivity contribution in [1.82, 2.24) is 5.32 Å². The summed E-state index contributed by atoms with van der Waals surface area (Å²) in [5.74, 6) is 0. The summed E-state index contributed by atoms with van der Waals surface area (Å²) in [5, 5.41) is 12.0. The number of rotatable bonds is 5. The minimum Gasteiger partial charge on any atom is -0.395 e. The van der Waals surface area contributed by atoms with Gasteiger partial charge in [-0.1, -0.05) is 0 Å². The number of aliphatic hydroxyl groups is 1. The maximum Gasteiger partial charge on any atom is 0.0700 e. The lowest BCUT2D eigenvalue weighted by Gasteiger charge is -2.16. The zero-order valence-corrected chi connectivity index (χ0v) is 7.33. The van der Waals surface area contributed by atoms with Gasteiger partial charge >= 0.3 is 0 Å². The fraction of sp³-hybridized carbons (Fsp3) is 1.00. The summed E-state index contributed by atoms with van der Waals surface area (Å²) >= 11 is 0. The second kappa shape index (κ2) is 5.48. The molecule has 1 saturated heterocycles. The van der Waals surface area contributed by atoms with Crippen LogP contribution >= 0.6 is 0 Å². The van der Waals surface area contributed by atoms with E-state index in [1.165, 1.54) is 0 Å². The largest absolute Gasteiger partial charge is 0.395 e. The van der Waals surface area contributed by atoms with Gasteiger partial charge in [0.2, 0.25) is 0 Å². The van der Waals surface area contributed by atoms with Crippen molar-refractivity contribution in [3.05, 3.63) is 0 Å². The van der Waals surface area contributed by atoms with Crippen molar-refractivity contribution >= 4 is 0 Å². The van der Waals surface area contributed by atoms with Gasteiger partial charge in [0.05, 0.1) is 12.7 Å². The number of hydrogen-bond acceptors (Lipinski definition) is 4. The molecule has 2 unspecified atom stereocenters. The highest BCUT2D eigenvalue weighted by Crippen LogP contribution is 2.10. The summed E-state index contributed by atoms with van der Waals surface area (Å²) < 4.78 is 5.41. The number of nitrogens with one attached hydrogen (secondary N) is 1. The molecule has 4 heteroatoms. The molecule has 12 heavy (non-hydrogen) atoms. The molecule has 2 atom stereocenters. The summed E-state index contributed by atoms with van der Waals surface area (Å²) in [7, 11) is 0. The predicted molar refractivity (Wildman–Crippen MR) is 46.9 cm³/mol. The Morgan fingerprint density at radius 2 is 2.50 bits per heavy atom. The van der Waals surface area contributed by atoms with Crippen LogP contribution in [0.15, 0.2) is 0 Å². The lowest BCUT2D eigenvalue weighted by Crippen LogP contribution is -2.42. The van der Waals surface area contributed by atoms with E-state index in [4.69, 9.17) is 15.6 Å². The monoisotopic (exact) mass is 174 g/mol. The minimum atomic E-state index is 0.0224. The molecule has 0 aromatic rings. The van der Waals surface area contributed by atoms with Crippen molar-refractivity contribution in [1.29, 1.82) is 0 Å². The van der Waals surface area contributed by atoms with Crippen molar-refractivity contribution < 1.29 is 9.84 Å². The molecule has 72 valence electrons. The highest BCUT2D eigenvalue weighted by atomic mass is 16.5. The SMILES string of the molecule is NCC(CO)NCC1CCCO1. The summed E-state index contributed by atoms with van der Waals surface area (Å²) in [4.78, 5) is 0. The Morgan fingerprint density at radius 1 is 1.67 bits per heavy atom. The van der Waals surface area contributed by atoms with Crippen LogP contribution in [-0.4, -0.2) is 43.6 Å². The van der Waals surface area contributed by atoms with E-state index in [0.29, 0.717) is 12.6 Å². The normalized spacial score (nSPS) is 26.0. The Kier molecular flexibility index (Phi) is 4.53. The molecular formula is C8H18N2O2. The van der Waals surface area contributed by atoms with Crippen LogP contribution in [0.4, 0.5) is 0 Å². The molecule has 4 nitrogen and oxygen atoms in total. The van der Waals surface area contributed by atoms with Crippen LogP contribution in [0.2, 0.25) is 0 Å². The molecule has 0 radical (unpaired) electrons. The van der Waals surface area contributed by atoms with E-state index in [0.717, 1.165) is 26.0 Å². The lowest BCUT2D eigenvalue weighted by atomic mass is 10.2. The molecule has 1 rings (SSSR count). The van der Waals surface area contributed by atoms with Crippen LogP contribution in [0, 0.1) is 0 Å². The Balaban J connectivity index is 2.06. The molecule has 0 saturated carbocycles. The fourth-order valence-corrected chi connectivity index (χ4v) is 1.33. The van der Waals surface area contributed by atoms with E-state index in [-0.39, 0.29) is 12.6 Å². The third-order valence-electron chi connectivity index (χ3n) is 2.16. The van der Waals surface area contributed by atoms with E-state index < -0.39 is 0 Å². The van der Waals surface area contributed by atoms with Gasteiger partial charge in [-0.15, -0.1) is 0 Å². The molecule has 0 amide bonds. The van der Waals surface area contributed by atoms with Gasteiger partial charge in [0.1, 0.15) is 0 Å². The Morgan fingerprint density at radius 3 is 3.00 bits per heavy atom. The first-order valence-electron chi connectivity index (χ1n) is 4.52. The van der Waals surface area contributed by atoms with Crippen molar-refractivity contribution in [3.8, 4) is 0 Å². The Labute approximate surface area is 73.1 Å². The maximum absolute atomic E-state index is 8.82. The first-order chi connectivity index (χ1) is 5.86. The zero-order valence-electron chi connectivity index (χ0n) is 7.33. The smallest absolute Gasteiger partial charge is 0.0700 e. The molecule has 0 spiro atoms. The topological polar surface area (TPSA) is 67.5 Å². The van der Waals surface area contributed by atoms with E-state index in [1.807, 2.05) is 0 Å². The summed E-state index contributed by atoms with van der Waals surface area (Å²) in [6, 6.07) is 0.0224. The molecule has 1 heterocycles. The van der Waals surface area contributed by atoms with Gasteiger partial charge in [0.25, 0.3) is 0 Å². The summed E-state index contributed by atoms with van der Waals surface area (Å²) in [6.07, 6.45) is 2.60. The first kappa shape index (κ1) is 9.92. The fourth-order valence-electron chi connectivity index (χ4n) is 1.33. The molecule has 0 bridgehead atoms. The van der Waals surface area contributed by atoms with Crippen molar-refractivity contribution in [2.45, 2.75) is 25.0 Å². The number of ether oxygens (including phenoxy) is 1. The lowest BCUT2D eigenvalue weighted by molar-refractivity contribution is 0.104. The molecular weight excluding hydrogens is 156 g/mol. The van der Waals surface area contributed by atoms with Gasteiger partial charge in [0.15, 0.2) is 0 Å². The third kappa shape index (κ3) is 3.06. The molecule has 0 aliphatic carbocycles. The number of aliphatic hydroxyl groups excluding tert-OH is 1. The highest BCUT2D eigenvalue weighted by molar-refractivity contribution is 4.72. The second-order valence-electron chi connectivity index (χ2n) is 3.16. The highest BCUT2D eigenvalue weighted by Gasteiger charge is 2.16. The van der Waals surface area contributed by atoms with Crippen LogP contribution < -0.4 is 11.1 Å². The van der Waals surface area contributed by atoms with Crippen LogP contribution in [0.5, 0.6) is 0 Å². The summed E-state index contributed by atoms with van der Waals surface area (Å²) in [5.41, 5.74) is 5.40. The Hall–Kier alpha value is -0.160. The number of hydrogen-bond donors (Lipinski definition) is 3. The first-order valence-corrected chi connectivity index (χ1v) is 4.52. The van der Waals surface area contributed by atoms with Gasteiger partial charge in [-0.05, 0) is 12.8 Å². The van der Waals surface area contributed by atoms with Crippen LogP contribution in [0.1, 0.15) is 12.8 Å². The van der Waals surface area contributed by atoms with Gasteiger partial charge in [0, 0.05) is 25.7 Å². The van der Waals surface area contributed by atoms with Gasteiger partial charge in [-0.3, -0.25) is 0 Å². The minimum absolute atomic E-state index is 0.0224. The molecule has 0 aromatic carbocycles. The second-order valence-corrected chi connectivity index (χ2v) is 3.16. The standard InChI is InChI=1S/C8H18N2O2/c9-4-7(6-11)10-5-8-2-1-3-12-8/h7-8,10-11H,1-6,9H2. The van der Waals surface area contributed by atoms with Crippen molar-refractivity contribution in [3.63, 3.8) is 0 Å². The molecule has 0 aromatic heterocycles. The van der Waals surface area contributed by atoms with Crippen LogP contribution in [0.25, 0.3) is 0 Å². The van der Waals surface area contributed by atoms with E-state index in [9.17, 15) is 0 Å². The van der Waals surface area contributed by atoms with E-state index in [1.54, 1.807) is 0 Å². The van der Waals surface area contributed by atoms with E-state index in [2.05, 4.69) is 5.32 Å². The Bertz CT molecular complexity index is 110. The predicted octanol–water partition coefficient (Wildman–Crippen LogP) is -0.925. The summed E-state index contributed by atoms with van der Waals surface area (Å²) in [6.45, 7) is 2.26. The molecule has 1 aliphatic rings. The van der Waals surface area contributed by atoms with Crippen molar-refractivity contribution in [2.75, 3.05) is 26.3 Å². The van der Waals surface area contributed by atoms with Gasteiger partial charge in [-0.2, -0.15) is 0 Å².